The summed E-state index contributed by atoms with van der Waals surface area (Å²) in [7, 11) is 0. The van der Waals surface area contributed by atoms with Crippen LogP contribution in [0.2, 0.25) is 0 Å². The molecule has 3 aromatic carbocycles. The fraction of sp³-hybridized carbons (Fsp3) is 0.160. The van der Waals surface area contributed by atoms with E-state index < -0.39 is 0 Å². The summed E-state index contributed by atoms with van der Waals surface area (Å²) in [5.41, 5.74) is 3.51. The lowest BCUT2D eigenvalue weighted by Crippen LogP contribution is -2.14. The quantitative estimate of drug-likeness (QED) is 0.420. The van der Waals surface area contributed by atoms with Crippen LogP contribution in [0.1, 0.15) is 22.5 Å². The van der Waals surface area contributed by atoms with Crippen molar-refractivity contribution in [3.05, 3.63) is 107 Å². The second-order valence-electron chi connectivity index (χ2n) is 7.43. The van der Waals surface area contributed by atoms with Crippen molar-refractivity contribution < 1.29 is 18.3 Å². The number of benzene rings is 3. The molecule has 1 aliphatic heterocycles. The van der Waals surface area contributed by atoms with E-state index in [2.05, 4.69) is 4.98 Å². The maximum atomic E-state index is 13.9. The fourth-order valence-electron chi connectivity index (χ4n) is 3.74. The Morgan fingerprint density at radius 2 is 1.71 bits per heavy atom. The maximum Gasteiger partial charge on any atom is 0.218 e. The minimum Gasteiger partial charge on any atom is -0.489 e. The first-order valence-electron chi connectivity index (χ1n) is 10.1. The van der Waals surface area contributed by atoms with Crippen LogP contribution in [0.15, 0.2) is 72.9 Å². The first-order chi connectivity index (χ1) is 15.2. The highest BCUT2D eigenvalue weighted by molar-refractivity contribution is 5.51. The van der Waals surface area contributed by atoms with Crippen LogP contribution in [0, 0.1) is 11.6 Å². The lowest BCUT2D eigenvalue weighted by Gasteiger charge is -2.21. The minimum absolute atomic E-state index is 0.131. The molecule has 0 unspecified atom stereocenters. The predicted molar refractivity (Wildman–Crippen MR) is 112 cm³/mol. The second-order valence-corrected chi connectivity index (χ2v) is 7.43. The summed E-state index contributed by atoms with van der Waals surface area (Å²) in [6, 6.07) is 18.8. The first-order valence-corrected chi connectivity index (χ1v) is 10.1. The van der Waals surface area contributed by atoms with Crippen molar-refractivity contribution in [2.75, 3.05) is 0 Å². The van der Waals surface area contributed by atoms with Crippen LogP contribution in [-0.4, -0.2) is 9.55 Å². The van der Waals surface area contributed by atoms with Gasteiger partial charge in [0, 0.05) is 12.0 Å². The van der Waals surface area contributed by atoms with E-state index in [0.717, 1.165) is 41.2 Å². The smallest absolute Gasteiger partial charge is 0.218 e. The predicted octanol–water partition coefficient (Wildman–Crippen LogP) is 5.41. The molecule has 0 aliphatic carbocycles. The molecule has 0 spiro atoms. The Bertz CT molecular complexity index is 1220. The van der Waals surface area contributed by atoms with Gasteiger partial charge < -0.3 is 9.47 Å². The summed E-state index contributed by atoms with van der Waals surface area (Å²) >= 11 is 0. The number of hydrogen-bond acceptors (Lipinski definition) is 3. The molecule has 0 amide bonds. The molecule has 0 N–H and O–H groups in total. The number of halogens is 2. The fourth-order valence-corrected chi connectivity index (χ4v) is 3.74. The van der Waals surface area contributed by atoms with Gasteiger partial charge in [-0.1, -0.05) is 30.3 Å². The Kier molecular flexibility index (Phi) is 5.12. The van der Waals surface area contributed by atoms with Crippen LogP contribution < -0.4 is 9.47 Å². The standard InChI is InChI=1S/C25H20F2N2O2/c26-20-8-5-17(6-9-20)15-30-21-10-11-23-18(13-21)7-12-24-28-14-25(29(23)24)31-16-19-3-1-2-4-22(19)27/h1-6,8-11,13-14H,7,12,15-16H2. The van der Waals surface area contributed by atoms with Crippen molar-refractivity contribution in [1.82, 2.24) is 9.55 Å². The van der Waals surface area contributed by atoms with E-state index in [0.29, 0.717) is 18.1 Å². The van der Waals surface area contributed by atoms with Crippen molar-refractivity contribution in [1.29, 1.82) is 0 Å². The van der Waals surface area contributed by atoms with E-state index in [1.54, 1.807) is 36.5 Å². The van der Waals surface area contributed by atoms with Crippen molar-refractivity contribution in [3.63, 3.8) is 0 Å². The van der Waals surface area contributed by atoms with Gasteiger partial charge in [0.1, 0.15) is 36.4 Å². The van der Waals surface area contributed by atoms with Gasteiger partial charge in [0.15, 0.2) is 0 Å². The van der Waals surface area contributed by atoms with Crippen molar-refractivity contribution in [2.24, 2.45) is 0 Å². The lowest BCUT2D eigenvalue weighted by atomic mass is 10.0. The Balaban J connectivity index is 1.34. The highest BCUT2D eigenvalue weighted by Gasteiger charge is 2.21. The molecule has 4 nitrogen and oxygen atoms in total. The summed E-state index contributed by atoms with van der Waals surface area (Å²) in [6.07, 6.45) is 3.30. The molecule has 156 valence electrons. The second kappa shape index (κ2) is 8.22. The number of imidazole rings is 1. The van der Waals surface area contributed by atoms with E-state index >= 15 is 0 Å². The highest BCUT2D eigenvalue weighted by atomic mass is 19.1. The van der Waals surface area contributed by atoms with Crippen molar-refractivity contribution in [3.8, 4) is 17.3 Å². The number of rotatable bonds is 6. The van der Waals surface area contributed by atoms with Crippen LogP contribution in [0.4, 0.5) is 8.78 Å². The van der Waals surface area contributed by atoms with E-state index in [9.17, 15) is 8.78 Å². The molecule has 0 radical (unpaired) electrons. The molecular formula is C25H20F2N2O2. The van der Waals surface area contributed by atoms with E-state index in [1.807, 2.05) is 22.8 Å². The average Bonchev–Trinajstić information content (AvgIpc) is 3.21. The van der Waals surface area contributed by atoms with Crippen LogP contribution in [0.5, 0.6) is 11.6 Å². The number of hydrogen-bond donors (Lipinski definition) is 0. The normalized spacial score (nSPS) is 12.2. The number of ether oxygens (including phenoxy) is 2. The van der Waals surface area contributed by atoms with Crippen LogP contribution >= 0.6 is 0 Å². The average molecular weight is 418 g/mol. The van der Waals surface area contributed by atoms with E-state index in [-0.39, 0.29) is 18.2 Å². The zero-order valence-electron chi connectivity index (χ0n) is 16.7. The molecule has 4 aromatic rings. The zero-order chi connectivity index (χ0) is 21.2. The minimum atomic E-state index is -0.288. The highest BCUT2D eigenvalue weighted by Crippen LogP contribution is 2.32. The van der Waals surface area contributed by atoms with E-state index in [4.69, 9.17) is 9.47 Å². The molecule has 1 aliphatic rings. The van der Waals surface area contributed by atoms with Gasteiger partial charge in [-0.25, -0.2) is 13.8 Å². The third-order valence-corrected chi connectivity index (χ3v) is 5.36. The number of nitrogens with zero attached hydrogens (tertiary/aromatic N) is 2. The first kappa shape index (κ1) is 19.3. The number of fused-ring (bicyclic) bond motifs is 3. The molecule has 0 saturated heterocycles. The Morgan fingerprint density at radius 3 is 2.55 bits per heavy atom. The Morgan fingerprint density at radius 1 is 0.871 bits per heavy atom. The summed E-state index contributed by atoms with van der Waals surface area (Å²) in [4.78, 5) is 4.48. The van der Waals surface area contributed by atoms with Gasteiger partial charge in [-0.2, -0.15) is 0 Å². The molecule has 0 bridgehead atoms. The van der Waals surface area contributed by atoms with Gasteiger partial charge >= 0.3 is 0 Å². The van der Waals surface area contributed by atoms with Crippen molar-refractivity contribution in [2.45, 2.75) is 26.1 Å². The van der Waals surface area contributed by atoms with Crippen molar-refractivity contribution >= 4 is 0 Å². The lowest BCUT2D eigenvalue weighted by molar-refractivity contribution is 0.281. The van der Waals surface area contributed by atoms with E-state index in [1.165, 1.54) is 18.2 Å². The third-order valence-electron chi connectivity index (χ3n) is 5.36. The van der Waals surface area contributed by atoms with Gasteiger partial charge in [-0.05, 0) is 53.9 Å². The van der Waals surface area contributed by atoms with Gasteiger partial charge in [-0.3, -0.25) is 4.57 Å². The monoisotopic (exact) mass is 418 g/mol. The summed E-state index contributed by atoms with van der Waals surface area (Å²) < 4.78 is 40.8. The topological polar surface area (TPSA) is 36.3 Å². The molecule has 1 aromatic heterocycles. The zero-order valence-corrected chi connectivity index (χ0v) is 16.7. The molecular weight excluding hydrogens is 398 g/mol. The number of aromatic nitrogens is 2. The van der Waals surface area contributed by atoms with Gasteiger partial charge in [-0.15, -0.1) is 0 Å². The van der Waals surface area contributed by atoms with Gasteiger partial charge in [0.05, 0.1) is 11.9 Å². The molecule has 5 rings (SSSR count). The third kappa shape index (κ3) is 4.01. The van der Waals surface area contributed by atoms with Crippen LogP contribution in [-0.2, 0) is 26.1 Å². The summed E-state index contributed by atoms with van der Waals surface area (Å²) in [5, 5.41) is 0. The molecule has 0 saturated carbocycles. The van der Waals surface area contributed by atoms with Gasteiger partial charge in [0.25, 0.3) is 0 Å². The largest absolute Gasteiger partial charge is 0.489 e. The molecule has 6 heteroatoms. The molecule has 31 heavy (non-hydrogen) atoms. The summed E-state index contributed by atoms with van der Waals surface area (Å²) in [5.74, 6) is 1.70. The van der Waals surface area contributed by atoms with Crippen LogP contribution in [0.3, 0.4) is 0 Å². The molecule has 2 heterocycles. The molecule has 0 fully saturated rings. The maximum absolute atomic E-state index is 13.9. The SMILES string of the molecule is Fc1ccc(COc2ccc3c(c2)CCc2ncc(OCc4ccccc4F)n2-3)cc1. The Labute approximate surface area is 178 Å². The Hall–Kier alpha value is -3.67. The van der Waals surface area contributed by atoms with Crippen LogP contribution in [0.25, 0.3) is 5.69 Å². The number of aryl methyl sites for hydroxylation is 2. The van der Waals surface area contributed by atoms with Gasteiger partial charge in [0.2, 0.25) is 5.88 Å². The molecule has 0 atom stereocenters. The summed E-state index contributed by atoms with van der Waals surface area (Å²) in [6.45, 7) is 0.498.